The lowest BCUT2D eigenvalue weighted by Gasteiger charge is -2.18. The Morgan fingerprint density at radius 2 is 2.06 bits per heavy atom. The van der Waals surface area contributed by atoms with Crippen molar-refractivity contribution < 1.29 is 9.47 Å². The van der Waals surface area contributed by atoms with Gasteiger partial charge in [-0.2, -0.15) is 0 Å². The predicted octanol–water partition coefficient (Wildman–Crippen LogP) is 1.58. The fraction of sp³-hybridized carbons (Fsp3) is 0.455. The molecule has 4 nitrogen and oxygen atoms in total. The van der Waals surface area contributed by atoms with Gasteiger partial charge in [0.05, 0.1) is 19.2 Å². The summed E-state index contributed by atoms with van der Waals surface area (Å²) in [6.07, 6.45) is 0. The van der Waals surface area contributed by atoms with Crippen molar-refractivity contribution in [3.05, 3.63) is 22.7 Å². The lowest BCUT2D eigenvalue weighted by Crippen LogP contribution is -2.25. The highest BCUT2D eigenvalue weighted by atomic mass is 35.5. The van der Waals surface area contributed by atoms with Gasteiger partial charge in [0.2, 0.25) is 0 Å². The summed E-state index contributed by atoms with van der Waals surface area (Å²) in [5, 5.41) is 3.63. The standard InChI is InChI=1S/C11H17ClN2O2/c1-14-8(6-13)7-4-5-9(15-2)11(16-3)10(7)12/h4-5,8,14H,6,13H2,1-3H3. The molecule has 0 heterocycles. The van der Waals surface area contributed by atoms with Gasteiger partial charge in [-0.15, -0.1) is 0 Å². The summed E-state index contributed by atoms with van der Waals surface area (Å²) in [5.41, 5.74) is 6.56. The molecule has 1 rings (SSSR count). The minimum Gasteiger partial charge on any atom is -0.493 e. The maximum atomic E-state index is 6.24. The topological polar surface area (TPSA) is 56.5 Å². The Hall–Kier alpha value is -0.970. The van der Waals surface area contributed by atoms with Crippen molar-refractivity contribution in [1.82, 2.24) is 5.32 Å². The number of benzene rings is 1. The SMILES string of the molecule is CNC(CN)c1ccc(OC)c(OC)c1Cl. The molecule has 90 valence electrons. The molecular formula is C11H17ClN2O2. The molecule has 5 heteroatoms. The van der Waals surface area contributed by atoms with Crippen LogP contribution in [0.5, 0.6) is 11.5 Å². The maximum absolute atomic E-state index is 6.24. The van der Waals surface area contributed by atoms with Gasteiger partial charge in [0, 0.05) is 12.6 Å². The van der Waals surface area contributed by atoms with E-state index in [-0.39, 0.29) is 6.04 Å². The van der Waals surface area contributed by atoms with Gasteiger partial charge in [0.25, 0.3) is 0 Å². The Balaban J connectivity index is 3.22. The van der Waals surface area contributed by atoms with Gasteiger partial charge >= 0.3 is 0 Å². The number of hydrogen-bond acceptors (Lipinski definition) is 4. The first-order valence-corrected chi connectivity index (χ1v) is 5.35. The van der Waals surface area contributed by atoms with Crippen LogP contribution in [-0.4, -0.2) is 27.8 Å². The van der Waals surface area contributed by atoms with Gasteiger partial charge < -0.3 is 20.5 Å². The van der Waals surface area contributed by atoms with E-state index in [0.29, 0.717) is 23.1 Å². The molecule has 0 aliphatic rings. The number of halogens is 1. The van der Waals surface area contributed by atoms with E-state index in [0.717, 1.165) is 5.56 Å². The molecule has 1 atom stereocenters. The van der Waals surface area contributed by atoms with Crippen molar-refractivity contribution in [2.45, 2.75) is 6.04 Å². The van der Waals surface area contributed by atoms with Gasteiger partial charge in [0.1, 0.15) is 0 Å². The maximum Gasteiger partial charge on any atom is 0.179 e. The van der Waals surface area contributed by atoms with E-state index in [4.69, 9.17) is 26.8 Å². The van der Waals surface area contributed by atoms with Crippen LogP contribution in [0.2, 0.25) is 5.02 Å². The smallest absolute Gasteiger partial charge is 0.179 e. The van der Waals surface area contributed by atoms with E-state index in [1.165, 1.54) is 0 Å². The van der Waals surface area contributed by atoms with Crippen LogP contribution in [0.15, 0.2) is 12.1 Å². The molecule has 0 aliphatic heterocycles. The third-order valence-corrected chi connectivity index (χ3v) is 2.86. The molecule has 0 radical (unpaired) electrons. The highest BCUT2D eigenvalue weighted by molar-refractivity contribution is 6.33. The van der Waals surface area contributed by atoms with Crippen molar-refractivity contribution >= 4 is 11.6 Å². The quantitative estimate of drug-likeness (QED) is 0.826. The van der Waals surface area contributed by atoms with Crippen molar-refractivity contribution in [2.24, 2.45) is 5.73 Å². The third-order valence-electron chi connectivity index (χ3n) is 2.47. The Morgan fingerprint density at radius 1 is 1.38 bits per heavy atom. The zero-order chi connectivity index (χ0) is 12.1. The molecule has 16 heavy (non-hydrogen) atoms. The molecule has 0 aliphatic carbocycles. The first kappa shape index (κ1) is 13.1. The molecule has 1 unspecified atom stereocenters. The highest BCUT2D eigenvalue weighted by Gasteiger charge is 2.17. The third kappa shape index (κ3) is 2.40. The summed E-state index contributed by atoms with van der Waals surface area (Å²) in [7, 11) is 4.97. The second-order valence-electron chi connectivity index (χ2n) is 3.28. The van der Waals surface area contributed by atoms with E-state index >= 15 is 0 Å². The number of nitrogens with one attached hydrogen (secondary N) is 1. The zero-order valence-electron chi connectivity index (χ0n) is 9.71. The van der Waals surface area contributed by atoms with Crippen LogP contribution in [0.1, 0.15) is 11.6 Å². The molecule has 0 amide bonds. The summed E-state index contributed by atoms with van der Waals surface area (Å²) in [6, 6.07) is 3.71. The highest BCUT2D eigenvalue weighted by Crippen LogP contribution is 2.39. The van der Waals surface area contributed by atoms with Crippen LogP contribution >= 0.6 is 11.6 Å². The van der Waals surface area contributed by atoms with Crippen molar-refractivity contribution in [1.29, 1.82) is 0 Å². The lowest BCUT2D eigenvalue weighted by atomic mass is 10.1. The largest absolute Gasteiger partial charge is 0.493 e. The number of methoxy groups -OCH3 is 2. The van der Waals surface area contributed by atoms with Crippen LogP contribution in [-0.2, 0) is 0 Å². The number of likely N-dealkylation sites (N-methyl/N-ethyl adjacent to an activating group) is 1. The van der Waals surface area contributed by atoms with Gasteiger partial charge in [-0.05, 0) is 18.7 Å². The van der Waals surface area contributed by atoms with Crippen LogP contribution in [0.25, 0.3) is 0 Å². The number of rotatable bonds is 5. The summed E-state index contributed by atoms with van der Waals surface area (Å²) >= 11 is 6.24. The van der Waals surface area contributed by atoms with Gasteiger partial charge in [-0.25, -0.2) is 0 Å². The molecule has 1 aromatic carbocycles. The van der Waals surface area contributed by atoms with Gasteiger partial charge in [0.15, 0.2) is 11.5 Å². The summed E-state index contributed by atoms with van der Waals surface area (Å²) in [5.74, 6) is 1.15. The molecular weight excluding hydrogens is 228 g/mol. The van der Waals surface area contributed by atoms with E-state index < -0.39 is 0 Å². The second kappa shape index (κ2) is 5.94. The van der Waals surface area contributed by atoms with E-state index in [2.05, 4.69) is 5.32 Å². The van der Waals surface area contributed by atoms with Crippen LogP contribution in [0.4, 0.5) is 0 Å². The summed E-state index contributed by atoms with van der Waals surface area (Å²) < 4.78 is 10.4. The van der Waals surface area contributed by atoms with Gasteiger partial charge in [-0.1, -0.05) is 17.7 Å². The number of nitrogens with two attached hydrogens (primary N) is 1. The van der Waals surface area contributed by atoms with Crippen LogP contribution < -0.4 is 20.5 Å². The van der Waals surface area contributed by atoms with Crippen molar-refractivity contribution in [2.75, 3.05) is 27.8 Å². The minimum atomic E-state index is 0.00676. The van der Waals surface area contributed by atoms with E-state index in [1.807, 2.05) is 19.2 Å². The first-order chi connectivity index (χ1) is 7.69. The minimum absolute atomic E-state index is 0.00676. The van der Waals surface area contributed by atoms with E-state index in [1.54, 1.807) is 14.2 Å². The molecule has 1 aromatic rings. The Morgan fingerprint density at radius 3 is 2.50 bits per heavy atom. The Bertz CT molecular complexity index is 354. The van der Waals surface area contributed by atoms with Crippen molar-refractivity contribution in [3.63, 3.8) is 0 Å². The van der Waals surface area contributed by atoms with Crippen LogP contribution in [0, 0.1) is 0 Å². The predicted molar refractivity (Wildman–Crippen MR) is 65.4 cm³/mol. The summed E-state index contributed by atoms with van der Waals surface area (Å²) in [4.78, 5) is 0. The zero-order valence-corrected chi connectivity index (χ0v) is 10.5. The van der Waals surface area contributed by atoms with E-state index in [9.17, 15) is 0 Å². The normalized spacial score (nSPS) is 12.3. The Kier molecular flexibility index (Phi) is 4.86. The van der Waals surface area contributed by atoms with Crippen LogP contribution in [0.3, 0.4) is 0 Å². The molecule has 0 aromatic heterocycles. The molecule has 0 saturated carbocycles. The molecule has 0 fully saturated rings. The molecule has 0 bridgehead atoms. The van der Waals surface area contributed by atoms with Gasteiger partial charge in [-0.3, -0.25) is 0 Å². The lowest BCUT2D eigenvalue weighted by molar-refractivity contribution is 0.354. The number of hydrogen-bond donors (Lipinski definition) is 2. The molecule has 0 saturated heterocycles. The monoisotopic (exact) mass is 244 g/mol. The first-order valence-electron chi connectivity index (χ1n) is 4.97. The average Bonchev–Trinajstić information content (AvgIpc) is 2.32. The van der Waals surface area contributed by atoms with Crippen molar-refractivity contribution in [3.8, 4) is 11.5 Å². The fourth-order valence-corrected chi connectivity index (χ4v) is 1.94. The molecule has 3 N–H and O–H groups in total. The fourth-order valence-electron chi connectivity index (χ4n) is 1.57. The average molecular weight is 245 g/mol. The number of ether oxygens (including phenoxy) is 2. The second-order valence-corrected chi connectivity index (χ2v) is 3.66. The molecule has 0 spiro atoms. The summed E-state index contributed by atoms with van der Waals surface area (Å²) in [6.45, 7) is 0.464. The Labute approximate surface area is 101 Å².